The van der Waals surface area contributed by atoms with E-state index in [9.17, 15) is 4.79 Å². The van der Waals surface area contributed by atoms with Gasteiger partial charge in [0.15, 0.2) is 0 Å². The first-order valence-corrected chi connectivity index (χ1v) is 7.59. The molecule has 2 aliphatic carbocycles. The average molecular weight is 329 g/mol. The zero-order valence-corrected chi connectivity index (χ0v) is 12.3. The van der Waals surface area contributed by atoms with Gasteiger partial charge < -0.3 is 5.32 Å². The van der Waals surface area contributed by atoms with Gasteiger partial charge in [0, 0.05) is 10.5 Å². The lowest BCUT2D eigenvalue weighted by Gasteiger charge is -2.18. The summed E-state index contributed by atoms with van der Waals surface area (Å²) in [6.07, 6.45) is 5.03. The predicted molar refractivity (Wildman–Crippen MR) is 75.9 cm³/mol. The molecule has 0 atom stereocenters. The molecule has 0 unspecified atom stereocenters. The van der Waals surface area contributed by atoms with Crippen molar-refractivity contribution in [3.05, 3.63) is 33.3 Å². The van der Waals surface area contributed by atoms with E-state index in [0.29, 0.717) is 28.5 Å². The minimum Gasteiger partial charge on any atom is -0.349 e. The minimum atomic E-state index is -0.0369. The SMILES string of the molecule is O=C(NC(C1CC1)C1CC1)c1cccc(Br)c1Cl. The molecule has 0 heterocycles. The highest BCUT2D eigenvalue weighted by atomic mass is 79.9. The van der Waals surface area contributed by atoms with Crippen molar-refractivity contribution in [3.63, 3.8) is 0 Å². The molecule has 0 radical (unpaired) electrons. The van der Waals surface area contributed by atoms with Gasteiger partial charge in [-0.15, -0.1) is 0 Å². The summed E-state index contributed by atoms with van der Waals surface area (Å²) < 4.78 is 0.770. The zero-order valence-electron chi connectivity index (χ0n) is 9.96. The zero-order chi connectivity index (χ0) is 12.7. The monoisotopic (exact) mass is 327 g/mol. The normalized spacial score (nSPS) is 19.1. The van der Waals surface area contributed by atoms with Crippen LogP contribution in [0.25, 0.3) is 0 Å². The molecule has 0 spiro atoms. The van der Waals surface area contributed by atoms with Crippen molar-refractivity contribution in [1.29, 1.82) is 0 Å². The molecule has 2 saturated carbocycles. The molecule has 96 valence electrons. The molecular weight excluding hydrogens is 314 g/mol. The van der Waals surface area contributed by atoms with Gasteiger partial charge in [-0.2, -0.15) is 0 Å². The van der Waals surface area contributed by atoms with Gasteiger partial charge >= 0.3 is 0 Å². The summed E-state index contributed by atoms with van der Waals surface area (Å²) >= 11 is 9.51. The molecule has 1 N–H and O–H groups in total. The quantitative estimate of drug-likeness (QED) is 0.888. The second-order valence-corrected chi connectivity index (χ2v) is 6.51. The molecule has 4 heteroatoms. The Morgan fingerprint density at radius 1 is 1.28 bits per heavy atom. The van der Waals surface area contributed by atoms with Crippen molar-refractivity contribution in [2.45, 2.75) is 31.7 Å². The highest BCUT2D eigenvalue weighted by Crippen LogP contribution is 2.44. The molecule has 0 aliphatic heterocycles. The van der Waals surface area contributed by atoms with Gasteiger partial charge in [0.25, 0.3) is 5.91 Å². The first-order chi connectivity index (χ1) is 8.66. The smallest absolute Gasteiger partial charge is 0.253 e. The van der Waals surface area contributed by atoms with E-state index in [1.54, 1.807) is 6.07 Å². The Morgan fingerprint density at radius 3 is 2.44 bits per heavy atom. The summed E-state index contributed by atoms with van der Waals surface area (Å²) in [7, 11) is 0. The fourth-order valence-corrected chi connectivity index (χ4v) is 3.02. The van der Waals surface area contributed by atoms with Crippen molar-refractivity contribution in [2.24, 2.45) is 11.8 Å². The fraction of sp³-hybridized carbons (Fsp3) is 0.500. The van der Waals surface area contributed by atoms with Crippen LogP contribution in [-0.4, -0.2) is 11.9 Å². The number of carbonyl (C=O) groups excluding carboxylic acids is 1. The van der Waals surface area contributed by atoms with Crippen LogP contribution < -0.4 is 5.32 Å². The second-order valence-electron chi connectivity index (χ2n) is 5.28. The Hall–Kier alpha value is -0.540. The van der Waals surface area contributed by atoms with Crippen LogP contribution >= 0.6 is 27.5 Å². The summed E-state index contributed by atoms with van der Waals surface area (Å²) in [6, 6.07) is 5.83. The van der Waals surface area contributed by atoms with Gasteiger partial charge in [0.2, 0.25) is 0 Å². The molecule has 18 heavy (non-hydrogen) atoms. The second kappa shape index (κ2) is 4.86. The summed E-state index contributed by atoms with van der Waals surface area (Å²) in [6.45, 7) is 0. The van der Waals surface area contributed by atoms with Gasteiger partial charge in [0.1, 0.15) is 0 Å². The lowest BCUT2D eigenvalue weighted by Crippen LogP contribution is -2.38. The van der Waals surface area contributed by atoms with E-state index < -0.39 is 0 Å². The molecule has 1 amide bonds. The lowest BCUT2D eigenvalue weighted by molar-refractivity contribution is 0.0926. The summed E-state index contributed by atoms with van der Waals surface area (Å²) in [4.78, 5) is 12.3. The predicted octanol–water partition coefficient (Wildman–Crippen LogP) is 4.02. The van der Waals surface area contributed by atoms with Crippen molar-refractivity contribution in [1.82, 2.24) is 5.32 Å². The van der Waals surface area contributed by atoms with Crippen LogP contribution in [0.5, 0.6) is 0 Å². The number of amides is 1. The summed E-state index contributed by atoms with van der Waals surface area (Å²) in [5, 5.41) is 3.68. The molecule has 2 aliphatic rings. The number of nitrogens with one attached hydrogen (secondary N) is 1. The van der Waals surface area contributed by atoms with Gasteiger partial charge in [-0.25, -0.2) is 0 Å². The molecule has 1 aromatic carbocycles. The Labute approximate surface area is 120 Å². The van der Waals surface area contributed by atoms with E-state index in [-0.39, 0.29) is 5.91 Å². The number of carbonyl (C=O) groups is 1. The topological polar surface area (TPSA) is 29.1 Å². The average Bonchev–Trinajstić information content (AvgIpc) is 3.22. The van der Waals surface area contributed by atoms with Gasteiger partial charge in [-0.05, 0) is 65.6 Å². The molecule has 3 rings (SSSR count). The van der Waals surface area contributed by atoms with Crippen molar-refractivity contribution < 1.29 is 4.79 Å². The van der Waals surface area contributed by atoms with Crippen LogP contribution in [0.2, 0.25) is 5.02 Å². The standard InChI is InChI=1S/C14H15BrClNO/c15-11-3-1-2-10(12(11)16)14(18)17-13(8-4-5-8)9-6-7-9/h1-3,8-9,13H,4-7H2,(H,17,18). The largest absolute Gasteiger partial charge is 0.349 e. The lowest BCUT2D eigenvalue weighted by atomic mass is 10.1. The van der Waals surface area contributed by atoms with E-state index in [1.807, 2.05) is 12.1 Å². The Balaban J connectivity index is 1.75. The van der Waals surface area contributed by atoms with Gasteiger partial charge in [-0.1, -0.05) is 17.7 Å². The molecule has 0 aromatic heterocycles. The maximum Gasteiger partial charge on any atom is 0.253 e. The molecular formula is C14H15BrClNO. The Bertz CT molecular complexity index is 471. The number of benzene rings is 1. The van der Waals surface area contributed by atoms with E-state index in [2.05, 4.69) is 21.2 Å². The van der Waals surface area contributed by atoms with Crippen LogP contribution in [-0.2, 0) is 0 Å². The first kappa shape index (κ1) is 12.5. The van der Waals surface area contributed by atoms with Gasteiger partial charge in [0.05, 0.1) is 10.6 Å². The van der Waals surface area contributed by atoms with Crippen molar-refractivity contribution >= 4 is 33.4 Å². The molecule has 2 nitrogen and oxygen atoms in total. The highest BCUT2D eigenvalue weighted by Gasteiger charge is 2.42. The van der Waals surface area contributed by atoms with Crippen molar-refractivity contribution in [2.75, 3.05) is 0 Å². The Morgan fingerprint density at radius 2 is 1.89 bits per heavy atom. The van der Waals surface area contributed by atoms with E-state index in [0.717, 1.165) is 4.47 Å². The van der Waals surface area contributed by atoms with Crippen LogP contribution in [0.1, 0.15) is 36.0 Å². The first-order valence-electron chi connectivity index (χ1n) is 6.41. The van der Waals surface area contributed by atoms with E-state index >= 15 is 0 Å². The minimum absolute atomic E-state index is 0.0369. The number of hydrogen-bond donors (Lipinski definition) is 1. The van der Waals surface area contributed by atoms with E-state index in [1.165, 1.54) is 25.7 Å². The van der Waals surface area contributed by atoms with Crippen LogP contribution in [0, 0.1) is 11.8 Å². The number of halogens is 2. The third-order valence-corrected chi connectivity index (χ3v) is 5.05. The number of hydrogen-bond acceptors (Lipinski definition) is 1. The molecule has 0 saturated heterocycles. The van der Waals surface area contributed by atoms with Gasteiger partial charge in [-0.3, -0.25) is 4.79 Å². The van der Waals surface area contributed by atoms with E-state index in [4.69, 9.17) is 11.6 Å². The fourth-order valence-electron chi connectivity index (χ4n) is 2.44. The third-order valence-electron chi connectivity index (χ3n) is 3.75. The maximum absolute atomic E-state index is 12.3. The molecule has 2 fully saturated rings. The van der Waals surface area contributed by atoms with Crippen LogP contribution in [0.4, 0.5) is 0 Å². The molecule has 0 bridgehead atoms. The molecule has 1 aromatic rings. The highest BCUT2D eigenvalue weighted by molar-refractivity contribution is 9.10. The maximum atomic E-state index is 12.3. The summed E-state index contributed by atoms with van der Waals surface area (Å²) in [5.74, 6) is 1.37. The van der Waals surface area contributed by atoms with Crippen LogP contribution in [0.15, 0.2) is 22.7 Å². The third kappa shape index (κ3) is 2.57. The van der Waals surface area contributed by atoms with Crippen molar-refractivity contribution in [3.8, 4) is 0 Å². The number of rotatable bonds is 4. The summed E-state index contributed by atoms with van der Waals surface area (Å²) in [5.41, 5.74) is 0.567. The Kier molecular flexibility index (Phi) is 3.37. The van der Waals surface area contributed by atoms with Crippen LogP contribution in [0.3, 0.4) is 0 Å².